The predicted molar refractivity (Wildman–Crippen MR) is 87.1 cm³/mol. The van der Waals surface area contributed by atoms with Gasteiger partial charge in [-0.15, -0.1) is 0 Å². The van der Waals surface area contributed by atoms with Crippen LogP contribution in [0.2, 0.25) is 0 Å². The van der Waals surface area contributed by atoms with Gasteiger partial charge in [0.15, 0.2) is 0 Å². The number of methoxy groups -OCH3 is 1. The first-order chi connectivity index (χ1) is 11.2. The SMILES string of the molecule is CCn1c(C(F)(F)F)ccc(Nc2c(C)ccc(OC)c2C)c1=O. The molecule has 0 unspecified atom stereocenters. The lowest BCUT2D eigenvalue weighted by Crippen LogP contribution is -2.28. The van der Waals surface area contributed by atoms with Crippen LogP contribution in [0.25, 0.3) is 0 Å². The van der Waals surface area contributed by atoms with Gasteiger partial charge in [-0.1, -0.05) is 6.07 Å². The number of alkyl halides is 3. The molecule has 1 N–H and O–H groups in total. The number of nitrogens with one attached hydrogen (secondary N) is 1. The number of rotatable bonds is 4. The van der Waals surface area contributed by atoms with E-state index in [2.05, 4.69) is 5.32 Å². The van der Waals surface area contributed by atoms with Crippen LogP contribution in [0.1, 0.15) is 23.7 Å². The number of aryl methyl sites for hydroxylation is 1. The molecule has 0 saturated carbocycles. The molecule has 0 atom stereocenters. The fourth-order valence-corrected chi connectivity index (χ4v) is 2.61. The van der Waals surface area contributed by atoms with E-state index in [0.717, 1.165) is 23.3 Å². The first-order valence-electron chi connectivity index (χ1n) is 7.43. The minimum Gasteiger partial charge on any atom is -0.496 e. The van der Waals surface area contributed by atoms with E-state index in [1.807, 2.05) is 19.9 Å². The highest BCUT2D eigenvalue weighted by molar-refractivity contribution is 5.69. The zero-order chi connectivity index (χ0) is 18.1. The van der Waals surface area contributed by atoms with Gasteiger partial charge in [-0.3, -0.25) is 4.79 Å². The number of anilines is 2. The zero-order valence-electron chi connectivity index (χ0n) is 13.9. The summed E-state index contributed by atoms with van der Waals surface area (Å²) in [4.78, 5) is 12.4. The summed E-state index contributed by atoms with van der Waals surface area (Å²) in [5.74, 6) is 0.630. The van der Waals surface area contributed by atoms with Crippen LogP contribution in [0.4, 0.5) is 24.5 Å². The highest BCUT2D eigenvalue weighted by atomic mass is 19.4. The maximum atomic E-state index is 13.0. The van der Waals surface area contributed by atoms with E-state index >= 15 is 0 Å². The topological polar surface area (TPSA) is 43.3 Å². The minimum absolute atomic E-state index is 0.0702. The molecule has 0 amide bonds. The lowest BCUT2D eigenvalue weighted by Gasteiger charge is -2.18. The Bertz CT molecular complexity index is 811. The molecule has 0 aliphatic heterocycles. The van der Waals surface area contributed by atoms with Crippen molar-refractivity contribution >= 4 is 11.4 Å². The van der Waals surface area contributed by atoms with Crippen LogP contribution in [0, 0.1) is 13.8 Å². The second-order valence-corrected chi connectivity index (χ2v) is 5.39. The quantitative estimate of drug-likeness (QED) is 0.904. The predicted octanol–water partition coefficient (Wildman–Crippen LogP) is 4.26. The van der Waals surface area contributed by atoms with E-state index in [1.54, 1.807) is 6.07 Å². The standard InChI is InChI=1S/C17H19F3N2O2/c1-5-22-14(17(18,19)20)9-7-12(16(22)23)21-15-10(2)6-8-13(24-4)11(15)3/h6-9,21H,5H2,1-4H3. The Balaban J connectivity index is 2.55. The third kappa shape index (κ3) is 3.25. The van der Waals surface area contributed by atoms with Crippen LogP contribution in [-0.4, -0.2) is 11.7 Å². The van der Waals surface area contributed by atoms with Crippen molar-refractivity contribution in [1.29, 1.82) is 0 Å². The highest BCUT2D eigenvalue weighted by Gasteiger charge is 2.34. The highest BCUT2D eigenvalue weighted by Crippen LogP contribution is 2.32. The molecular formula is C17H19F3N2O2. The average molecular weight is 340 g/mol. The van der Waals surface area contributed by atoms with Gasteiger partial charge < -0.3 is 14.6 Å². The number of nitrogens with zero attached hydrogens (tertiary/aromatic N) is 1. The number of pyridine rings is 1. The second-order valence-electron chi connectivity index (χ2n) is 5.39. The molecule has 0 aliphatic rings. The molecule has 7 heteroatoms. The monoisotopic (exact) mass is 340 g/mol. The Hall–Kier alpha value is -2.44. The minimum atomic E-state index is -4.57. The molecule has 24 heavy (non-hydrogen) atoms. The third-order valence-electron chi connectivity index (χ3n) is 3.88. The summed E-state index contributed by atoms with van der Waals surface area (Å²) in [6.07, 6.45) is -4.57. The van der Waals surface area contributed by atoms with Crippen molar-refractivity contribution in [2.75, 3.05) is 12.4 Å². The maximum Gasteiger partial charge on any atom is 0.431 e. The van der Waals surface area contributed by atoms with Gasteiger partial charge in [-0.25, -0.2) is 0 Å². The van der Waals surface area contributed by atoms with Crippen LogP contribution >= 0.6 is 0 Å². The van der Waals surface area contributed by atoms with Crippen LogP contribution in [-0.2, 0) is 12.7 Å². The first-order valence-corrected chi connectivity index (χ1v) is 7.43. The summed E-state index contributed by atoms with van der Waals surface area (Å²) < 4.78 is 45.0. The molecule has 0 aliphatic carbocycles. The Morgan fingerprint density at radius 3 is 2.38 bits per heavy atom. The molecule has 130 valence electrons. The molecule has 0 saturated heterocycles. The van der Waals surface area contributed by atoms with E-state index < -0.39 is 17.4 Å². The number of ether oxygens (including phenoxy) is 1. The molecule has 1 aromatic carbocycles. The molecule has 2 aromatic rings. The van der Waals surface area contributed by atoms with Crippen molar-refractivity contribution in [3.05, 3.63) is 51.4 Å². The lowest BCUT2D eigenvalue weighted by molar-refractivity contribution is -0.144. The molecule has 0 spiro atoms. The van der Waals surface area contributed by atoms with Gasteiger partial charge in [-0.05, 0) is 44.5 Å². The number of hydrogen-bond donors (Lipinski definition) is 1. The van der Waals surface area contributed by atoms with Crippen LogP contribution in [0.15, 0.2) is 29.1 Å². The van der Waals surface area contributed by atoms with E-state index in [-0.39, 0.29) is 12.2 Å². The van der Waals surface area contributed by atoms with E-state index in [4.69, 9.17) is 4.74 Å². The Kier molecular flexibility index (Phi) is 4.91. The molecule has 0 radical (unpaired) electrons. The zero-order valence-corrected chi connectivity index (χ0v) is 13.9. The molecule has 0 fully saturated rings. The van der Waals surface area contributed by atoms with E-state index in [1.165, 1.54) is 14.0 Å². The average Bonchev–Trinajstić information content (AvgIpc) is 2.51. The second kappa shape index (κ2) is 6.59. The molecule has 2 rings (SSSR count). The number of hydrogen-bond acceptors (Lipinski definition) is 3. The van der Waals surface area contributed by atoms with Crippen molar-refractivity contribution in [2.45, 2.75) is 33.5 Å². The summed E-state index contributed by atoms with van der Waals surface area (Å²) >= 11 is 0. The molecule has 4 nitrogen and oxygen atoms in total. The summed E-state index contributed by atoms with van der Waals surface area (Å²) in [6.45, 7) is 5.09. The molecule has 1 aromatic heterocycles. The van der Waals surface area contributed by atoms with E-state index in [0.29, 0.717) is 16.0 Å². The summed E-state index contributed by atoms with van der Waals surface area (Å²) in [7, 11) is 1.53. The Morgan fingerprint density at radius 1 is 1.17 bits per heavy atom. The number of benzene rings is 1. The summed E-state index contributed by atoms with van der Waals surface area (Å²) in [5, 5.41) is 2.96. The first kappa shape index (κ1) is 17.9. The largest absolute Gasteiger partial charge is 0.496 e. The number of aromatic nitrogens is 1. The number of halogens is 3. The normalized spacial score (nSPS) is 11.5. The van der Waals surface area contributed by atoms with Gasteiger partial charge >= 0.3 is 6.18 Å². The van der Waals surface area contributed by atoms with Crippen molar-refractivity contribution in [2.24, 2.45) is 0 Å². The van der Waals surface area contributed by atoms with Crippen LogP contribution < -0.4 is 15.6 Å². The smallest absolute Gasteiger partial charge is 0.431 e. The van der Waals surface area contributed by atoms with Gasteiger partial charge in [0, 0.05) is 17.8 Å². The lowest BCUT2D eigenvalue weighted by atomic mass is 10.1. The van der Waals surface area contributed by atoms with Crippen molar-refractivity contribution in [1.82, 2.24) is 4.57 Å². The molecular weight excluding hydrogens is 321 g/mol. The van der Waals surface area contributed by atoms with Crippen molar-refractivity contribution in [3.63, 3.8) is 0 Å². The van der Waals surface area contributed by atoms with Crippen molar-refractivity contribution in [3.8, 4) is 5.75 Å². The van der Waals surface area contributed by atoms with Gasteiger partial charge in [0.25, 0.3) is 5.56 Å². The Morgan fingerprint density at radius 2 is 1.83 bits per heavy atom. The van der Waals surface area contributed by atoms with Gasteiger partial charge in [-0.2, -0.15) is 13.2 Å². The fraction of sp³-hybridized carbons (Fsp3) is 0.353. The van der Waals surface area contributed by atoms with Gasteiger partial charge in [0.05, 0.1) is 7.11 Å². The molecule has 0 bridgehead atoms. The third-order valence-corrected chi connectivity index (χ3v) is 3.88. The van der Waals surface area contributed by atoms with Gasteiger partial charge in [0.2, 0.25) is 0 Å². The maximum absolute atomic E-state index is 13.0. The van der Waals surface area contributed by atoms with Gasteiger partial charge in [0.1, 0.15) is 17.1 Å². The van der Waals surface area contributed by atoms with E-state index in [9.17, 15) is 18.0 Å². The fourth-order valence-electron chi connectivity index (χ4n) is 2.61. The van der Waals surface area contributed by atoms with Crippen LogP contribution in [0.3, 0.4) is 0 Å². The summed E-state index contributed by atoms with van der Waals surface area (Å²) in [6, 6.07) is 5.69. The van der Waals surface area contributed by atoms with Crippen LogP contribution in [0.5, 0.6) is 5.75 Å². The Labute approximate surface area is 137 Å². The summed E-state index contributed by atoms with van der Waals surface area (Å²) in [5.41, 5.74) is 0.697. The molecule has 1 heterocycles. The van der Waals surface area contributed by atoms with Crippen molar-refractivity contribution < 1.29 is 17.9 Å².